The highest BCUT2D eigenvalue weighted by atomic mass is 19.4. The first-order valence-electron chi connectivity index (χ1n) is 6.52. The van der Waals surface area contributed by atoms with Crippen molar-refractivity contribution in [2.45, 2.75) is 32.0 Å². The number of hydrogen-bond donors (Lipinski definition) is 0. The molecule has 0 saturated carbocycles. The Hall–Kier alpha value is -2.46. The molecule has 0 aliphatic rings. The lowest BCUT2D eigenvalue weighted by Gasteiger charge is -2.14. The average Bonchev–Trinajstić information content (AvgIpc) is 3.05. The number of hydrogen-bond acceptors (Lipinski definition) is 5. The van der Waals surface area contributed by atoms with E-state index in [1.807, 2.05) is 0 Å². The molecule has 1 atom stereocenters. The molecule has 126 valence electrons. The lowest BCUT2D eigenvalue weighted by Crippen LogP contribution is -2.17. The van der Waals surface area contributed by atoms with E-state index in [4.69, 9.17) is 0 Å². The highest BCUT2D eigenvalue weighted by Gasteiger charge is 2.34. The zero-order valence-electron chi connectivity index (χ0n) is 12.2. The van der Waals surface area contributed by atoms with E-state index in [2.05, 4.69) is 19.6 Å². The molecule has 0 radical (unpaired) electrons. The first-order chi connectivity index (χ1) is 10.8. The van der Waals surface area contributed by atoms with Gasteiger partial charge >= 0.3 is 17.8 Å². The summed E-state index contributed by atoms with van der Waals surface area (Å²) in [6, 6.07) is -0.820. The van der Waals surface area contributed by atoms with Crippen LogP contribution in [0.5, 0.6) is 0 Å². The molecule has 1 unspecified atom stereocenters. The van der Waals surface area contributed by atoms with Crippen molar-refractivity contribution >= 4 is 5.69 Å². The highest BCUT2D eigenvalue weighted by molar-refractivity contribution is 5.26. The minimum atomic E-state index is -4.44. The Kier molecular flexibility index (Phi) is 4.66. The summed E-state index contributed by atoms with van der Waals surface area (Å²) in [6.45, 7) is 1.65. The van der Waals surface area contributed by atoms with Gasteiger partial charge < -0.3 is 4.52 Å². The third-order valence-corrected chi connectivity index (χ3v) is 3.12. The van der Waals surface area contributed by atoms with Gasteiger partial charge in [-0.1, -0.05) is 12.1 Å². The standard InChI is InChI=1S/C12H13F4N4O3/c1-3-8(10-7(6-23-18-10)4-12(14,15)16)19-5-9(11(13)17-19)20(21)22-2/h5-6,8H,3-4H2,1-2H3/q+1. The Balaban J connectivity index is 2.38. The van der Waals surface area contributed by atoms with Gasteiger partial charge in [0, 0.05) is 5.56 Å². The summed E-state index contributed by atoms with van der Waals surface area (Å²) in [7, 11) is 1.04. The van der Waals surface area contributed by atoms with Gasteiger partial charge in [0.15, 0.2) is 7.11 Å². The molecule has 2 rings (SSSR count). The maximum absolute atomic E-state index is 13.7. The second kappa shape index (κ2) is 6.34. The van der Waals surface area contributed by atoms with Crippen LogP contribution < -0.4 is 0 Å². The van der Waals surface area contributed by atoms with E-state index in [0.717, 1.165) is 24.3 Å². The molecule has 0 aliphatic heterocycles. The molecule has 2 heterocycles. The second-order valence-electron chi connectivity index (χ2n) is 4.67. The molecular formula is C12H13F4N4O3+. The van der Waals surface area contributed by atoms with Gasteiger partial charge in [0.2, 0.25) is 0 Å². The maximum atomic E-state index is 13.7. The quantitative estimate of drug-likeness (QED) is 0.598. The fourth-order valence-electron chi connectivity index (χ4n) is 2.13. The molecule has 0 saturated heterocycles. The van der Waals surface area contributed by atoms with Crippen LogP contribution in [0, 0.1) is 10.9 Å². The summed E-state index contributed by atoms with van der Waals surface area (Å²) in [5, 5.41) is 7.08. The molecule has 2 aromatic rings. The molecule has 0 bridgehead atoms. The molecule has 0 aliphatic carbocycles. The van der Waals surface area contributed by atoms with E-state index in [1.165, 1.54) is 0 Å². The Labute approximate surface area is 127 Å². The summed E-state index contributed by atoms with van der Waals surface area (Å²) in [5.74, 6) is -1.11. The number of rotatable bonds is 6. The third-order valence-electron chi connectivity index (χ3n) is 3.12. The van der Waals surface area contributed by atoms with Crippen LogP contribution >= 0.6 is 0 Å². The first-order valence-corrected chi connectivity index (χ1v) is 6.52. The van der Waals surface area contributed by atoms with Crippen LogP contribution in [0.1, 0.15) is 30.6 Å². The van der Waals surface area contributed by atoms with Crippen LogP contribution in [-0.4, -0.2) is 33.1 Å². The first kappa shape index (κ1) is 16.9. The zero-order chi connectivity index (χ0) is 17.2. The van der Waals surface area contributed by atoms with E-state index >= 15 is 0 Å². The van der Waals surface area contributed by atoms with Crippen molar-refractivity contribution < 1.29 is 31.8 Å². The summed E-state index contributed by atoms with van der Waals surface area (Å²) in [6.07, 6.45) is -3.50. The number of alkyl halides is 3. The zero-order valence-corrected chi connectivity index (χ0v) is 12.2. The summed E-state index contributed by atoms with van der Waals surface area (Å²) in [5.41, 5.74) is -0.687. The van der Waals surface area contributed by atoms with Crippen molar-refractivity contribution in [2.75, 3.05) is 7.11 Å². The lowest BCUT2D eigenvalue weighted by molar-refractivity contribution is -0.737. The van der Waals surface area contributed by atoms with Crippen molar-refractivity contribution in [3.8, 4) is 0 Å². The van der Waals surface area contributed by atoms with Crippen molar-refractivity contribution in [3.63, 3.8) is 0 Å². The predicted molar refractivity (Wildman–Crippen MR) is 67.2 cm³/mol. The molecule has 2 aromatic heterocycles. The molecule has 0 N–H and O–H groups in total. The maximum Gasteiger partial charge on any atom is 0.393 e. The molecule has 0 fully saturated rings. The van der Waals surface area contributed by atoms with Gasteiger partial charge in [-0.3, -0.25) is 4.68 Å². The van der Waals surface area contributed by atoms with Gasteiger partial charge in [0.25, 0.3) is 4.92 Å². The van der Waals surface area contributed by atoms with Crippen molar-refractivity contribution in [3.05, 3.63) is 34.6 Å². The van der Waals surface area contributed by atoms with Gasteiger partial charge in [0.1, 0.15) is 18.2 Å². The Morgan fingerprint density at radius 2 is 2.17 bits per heavy atom. The SMILES string of the molecule is CCC(c1nocc1CC(F)(F)F)n1cc([N+](=O)OC)c(F)n1. The smallest absolute Gasteiger partial charge is 0.364 e. The molecular weight excluding hydrogens is 324 g/mol. The van der Waals surface area contributed by atoms with Crippen LogP contribution in [-0.2, 0) is 11.3 Å². The minimum absolute atomic E-state index is 0.0197. The third kappa shape index (κ3) is 3.66. The monoisotopic (exact) mass is 337 g/mol. The summed E-state index contributed by atoms with van der Waals surface area (Å²) >= 11 is 0. The van der Waals surface area contributed by atoms with E-state index in [0.29, 0.717) is 0 Å². The topological polar surface area (TPSA) is 73.2 Å². The van der Waals surface area contributed by atoms with Crippen molar-refractivity contribution in [1.82, 2.24) is 14.9 Å². The van der Waals surface area contributed by atoms with Crippen LogP contribution in [0.2, 0.25) is 0 Å². The largest absolute Gasteiger partial charge is 0.393 e. The molecule has 0 aromatic carbocycles. The molecule has 23 heavy (non-hydrogen) atoms. The van der Waals surface area contributed by atoms with Gasteiger partial charge in [0.05, 0.1) is 17.4 Å². The fraction of sp³-hybridized carbons (Fsp3) is 0.500. The molecule has 0 spiro atoms. The molecule has 0 amide bonds. The number of aromatic nitrogens is 3. The van der Waals surface area contributed by atoms with E-state index in [-0.39, 0.29) is 22.6 Å². The molecule has 7 nitrogen and oxygen atoms in total. The number of nitrogens with zero attached hydrogens (tertiary/aromatic N) is 4. The fourth-order valence-corrected chi connectivity index (χ4v) is 2.13. The van der Waals surface area contributed by atoms with Crippen LogP contribution in [0.4, 0.5) is 23.2 Å². The van der Waals surface area contributed by atoms with Gasteiger partial charge in [-0.25, -0.2) is 4.84 Å². The van der Waals surface area contributed by atoms with Crippen molar-refractivity contribution in [2.24, 2.45) is 0 Å². The Morgan fingerprint density at radius 1 is 1.48 bits per heavy atom. The minimum Gasteiger partial charge on any atom is -0.364 e. The second-order valence-corrected chi connectivity index (χ2v) is 4.67. The van der Waals surface area contributed by atoms with E-state index in [1.54, 1.807) is 6.92 Å². The van der Waals surface area contributed by atoms with Gasteiger partial charge in [-0.15, -0.1) is 5.10 Å². The van der Waals surface area contributed by atoms with E-state index in [9.17, 15) is 22.5 Å². The van der Waals surface area contributed by atoms with Crippen LogP contribution in [0.15, 0.2) is 17.0 Å². The summed E-state index contributed by atoms with van der Waals surface area (Å²) in [4.78, 5) is 15.6. The predicted octanol–water partition coefficient (Wildman–Crippen LogP) is 3.09. The number of halogens is 4. The van der Waals surface area contributed by atoms with Crippen LogP contribution in [0.3, 0.4) is 0 Å². The van der Waals surface area contributed by atoms with Gasteiger partial charge in [-0.05, 0) is 6.42 Å². The van der Waals surface area contributed by atoms with Crippen molar-refractivity contribution in [1.29, 1.82) is 0 Å². The molecule has 11 heteroatoms. The van der Waals surface area contributed by atoms with Crippen LogP contribution in [0.25, 0.3) is 0 Å². The Morgan fingerprint density at radius 3 is 2.74 bits per heavy atom. The Bertz CT molecular complexity index is 695. The summed E-state index contributed by atoms with van der Waals surface area (Å²) < 4.78 is 57.0. The highest BCUT2D eigenvalue weighted by Crippen LogP contribution is 2.30. The normalized spacial score (nSPS) is 13.1. The van der Waals surface area contributed by atoms with Gasteiger partial charge in [-0.2, -0.15) is 17.6 Å². The lowest BCUT2D eigenvalue weighted by atomic mass is 10.1. The average molecular weight is 337 g/mol. The van der Waals surface area contributed by atoms with E-state index < -0.39 is 30.3 Å².